The van der Waals surface area contributed by atoms with Gasteiger partial charge in [-0.2, -0.15) is 0 Å². The number of aryl methyl sites for hydroxylation is 1. The number of morpholine rings is 1. The fraction of sp³-hybridized carbons (Fsp3) is 0.524. The Balaban J connectivity index is 1.95. The summed E-state index contributed by atoms with van der Waals surface area (Å²) in [5.41, 5.74) is 1.14. The molecular formula is C21H29NO5. The van der Waals surface area contributed by atoms with Crippen LogP contribution in [0.5, 0.6) is 23.0 Å². The van der Waals surface area contributed by atoms with Crippen LogP contribution in [0.2, 0.25) is 0 Å². The van der Waals surface area contributed by atoms with Crippen LogP contribution in [-0.4, -0.2) is 66.2 Å². The second kappa shape index (κ2) is 9.15. The molecule has 0 amide bonds. The fourth-order valence-electron chi connectivity index (χ4n) is 3.68. The van der Waals surface area contributed by atoms with Crippen LogP contribution in [-0.2, 0) is 11.2 Å². The summed E-state index contributed by atoms with van der Waals surface area (Å²) in [6.45, 7) is 4.69. The molecule has 0 atom stereocenters. The van der Waals surface area contributed by atoms with E-state index in [1.807, 2.05) is 18.2 Å². The standard InChI is InChI=1S/C21H29NO5/c1-23-18-12-15-13-20(25-3)21(26-4)16(17(15)14-19(18)24-2)6-5-7-22-8-10-27-11-9-22/h12-14H,5-11H2,1-4H3. The molecule has 2 aromatic rings. The summed E-state index contributed by atoms with van der Waals surface area (Å²) >= 11 is 0. The molecule has 1 fully saturated rings. The van der Waals surface area contributed by atoms with Crippen molar-refractivity contribution in [2.45, 2.75) is 12.8 Å². The van der Waals surface area contributed by atoms with Gasteiger partial charge in [-0.15, -0.1) is 0 Å². The Labute approximate surface area is 160 Å². The first kappa shape index (κ1) is 19.6. The zero-order valence-corrected chi connectivity index (χ0v) is 16.7. The lowest BCUT2D eigenvalue weighted by atomic mass is 9.98. The molecule has 1 heterocycles. The van der Waals surface area contributed by atoms with Gasteiger partial charge in [0.05, 0.1) is 41.7 Å². The van der Waals surface area contributed by atoms with Gasteiger partial charge in [0.15, 0.2) is 23.0 Å². The second-order valence-corrected chi connectivity index (χ2v) is 6.58. The SMILES string of the molecule is COc1cc2cc(OC)c(OC)c(CCCN3CCOCC3)c2cc1OC. The average Bonchev–Trinajstić information content (AvgIpc) is 2.72. The van der Waals surface area contributed by atoms with E-state index in [0.29, 0.717) is 11.5 Å². The number of benzene rings is 2. The molecule has 1 aliphatic rings. The Morgan fingerprint density at radius 1 is 0.852 bits per heavy atom. The first-order chi connectivity index (χ1) is 13.2. The molecule has 0 aliphatic carbocycles. The van der Waals surface area contributed by atoms with Crippen LogP contribution < -0.4 is 18.9 Å². The van der Waals surface area contributed by atoms with Gasteiger partial charge >= 0.3 is 0 Å². The summed E-state index contributed by atoms with van der Waals surface area (Å²) < 4.78 is 27.7. The highest BCUT2D eigenvalue weighted by molar-refractivity contribution is 5.92. The number of fused-ring (bicyclic) bond motifs is 1. The van der Waals surface area contributed by atoms with Crippen molar-refractivity contribution in [2.75, 3.05) is 61.3 Å². The molecule has 0 unspecified atom stereocenters. The Kier molecular flexibility index (Phi) is 6.63. The number of hydrogen-bond donors (Lipinski definition) is 0. The van der Waals surface area contributed by atoms with E-state index in [0.717, 1.165) is 73.5 Å². The molecule has 1 saturated heterocycles. The van der Waals surface area contributed by atoms with Gasteiger partial charge in [0.2, 0.25) is 0 Å². The van der Waals surface area contributed by atoms with Crippen molar-refractivity contribution < 1.29 is 23.7 Å². The van der Waals surface area contributed by atoms with Gasteiger partial charge in [-0.1, -0.05) is 0 Å². The molecule has 3 rings (SSSR count). The second-order valence-electron chi connectivity index (χ2n) is 6.58. The maximum absolute atomic E-state index is 5.72. The maximum Gasteiger partial charge on any atom is 0.164 e. The third-order valence-electron chi connectivity index (χ3n) is 5.09. The Hall–Kier alpha value is -2.18. The van der Waals surface area contributed by atoms with Gasteiger partial charge in [0.1, 0.15) is 0 Å². The number of hydrogen-bond acceptors (Lipinski definition) is 6. The van der Waals surface area contributed by atoms with Crippen LogP contribution >= 0.6 is 0 Å². The predicted octanol–water partition coefficient (Wildman–Crippen LogP) is 3.14. The molecule has 0 radical (unpaired) electrons. The molecule has 2 aromatic carbocycles. The van der Waals surface area contributed by atoms with Crippen molar-refractivity contribution >= 4 is 10.8 Å². The highest BCUT2D eigenvalue weighted by atomic mass is 16.5. The van der Waals surface area contributed by atoms with Crippen molar-refractivity contribution in [3.05, 3.63) is 23.8 Å². The predicted molar refractivity (Wildman–Crippen MR) is 106 cm³/mol. The van der Waals surface area contributed by atoms with Crippen molar-refractivity contribution in [1.29, 1.82) is 0 Å². The minimum absolute atomic E-state index is 0.705. The highest BCUT2D eigenvalue weighted by Gasteiger charge is 2.18. The summed E-state index contributed by atoms with van der Waals surface area (Å²) in [5.74, 6) is 2.95. The topological polar surface area (TPSA) is 49.4 Å². The number of nitrogens with zero attached hydrogens (tertiary/aromatic N) is 1. The van der Waals surface area contributed by atoms with E-state index in [-0.39, 0.29) is 0 Å². The van der Waals surface area contributed by atoms with Crippen molar-refractivity contribution in [1.82, 2.24) is 4.90 Å². The largest absolute Gasteiger partial charge is 0.493 e. The molecule has 6 heteroatoms. The van der Waals surface area contributed by atoms with E-state index in [9.17, 15) is 0 Å². The summed E-state index contributed by atoms with van der Waals surface area (Å²) in [6, 6.07) is 6.00. The minimum Gasteiger partial charge on any atom is -0.493 e. The lowest BCUT2D eigenvalue weighted by molar-refractivity contribution is 0.0374. The molecule has 0 bridgehead atoms. The van der Waals surface area contributed by atoms with E-state index in [1.54, 1.807) is 28.4 Å². The third-order valence-corrected chi connectivity index (χ3v) is 5.09. The Bertz CT molecular complexity index is 766. The fourth-order valence-corrected chi connectivity index (χ4v) is 3.68. The Morgan fingerprint density at radius 2 is 1.48 bits per heavy atom. The van der Waals surface area contributed by atoms with Gasteiger partial charge in [-0.3, -0.25) is 4.90 Å². The molecule has 0 N–H and O–H groups in total. The summed E-state index contributed by atoms with van der Waals surface area (Å²) in [4.78, 5) is 2.45. The molecule has 0 spiro atoms. The number of ether oxygens (including phenoxy) is 5. The molecular weight excluding hydrogens is 346 g/mol. The molecule has 27 heavy (non-hydrogen) atoms. The van der Waals surface area contributed by atoms with Gasteiger partial charge in [-0.25, -0.2) is 0 Å². The van der Waals surface area contributed by atoms with Gasteiger partial charge < -0.3 is 23.7 Å². The summed E-state index contributed by atoms with van der Waals surface area (Å²) in [5, 5.41) is 2.15. The van der Waals surface area contributed by atoms with E-state index in [4.69, 9.17) is 23.7 Å². The van der Waals surface area contributed by atoms with Crippen LogP contribution in [0.3, 0.4) is 0 Å². The Morgan fingerprint density at radius 3 is 2.11 bits per heavy atom. The summed E-state index contributed by atoms with van der Waals surface area (Å²) in [7, 11) is 6.66. The summed E-state index contributed by atoms with van der Waals surface area (Å²) in [6.07, 6.45) is 1.93. The molecule has 0 saturated carbocycles. The highest BCUT2D eigenvalue weighted by Crippen LogP contribution is 2.42. The van der Waals surface area contributed by atoms with Crippen LogP contribution in [0.4, 0.5) is 0 Å². The van der Waals surface area contributed by atoms with E-state index in [1.165, 1.54) is 0 Å². The van der Waals surface area contributed by atoms with Crippen molar-refractivity contribution in [3.8, 4) is 23.0 Å². The van der Waals surface area contributed by atoms with E-state index >= 15 is 0 Å². The quantitative estimate of drug-likeness (QED) is 0.707. The van der Waals surface area contributed by atoms with E-state index in [2.05, 4.69) is 4.90 Å². The first-order valence-corrected chi connectivity index (χ1v) is 9.31. The first-order valence-electron chi connectivity index (χ1n) is 9.31. The minimum atomic E-state index is 0.705. The number of methoxy groups -OCH3 is 4. The van der Waals surface area contributed by atoms with Crippen molar-refractivity contribution in [3.63, 3.8) is 0 Å². The zero-order chi connectivity index (χ0) is 19.2. The monoisotopic (exact) mass is 375 g/mol. The molecule has 1 aliphatic heterocycles. The van der Waals surface area contributed by atoms with E-state index < -0.39 is 0 Å². The third kappa shape index (κ3) is 4.22. The van der Waals surface area contributed by atoms with Gasteiger partial charge in [0.25, 0.3) is 0 Å². The van der Waals surface area contributed by atoms with Crippen LogP contribution in [0.15, 0.2) is 18.2 Å². The smallest absolute Gasteiger partial charge is 0.164 e. The molecule has 6 nitrogen and oxygen atoms in total. The van der Waals surface area contributed by atoms with Crippen LogP contribution in [0, 0.1) is 0 Å². The normalized spacial score (nSPS) is 15.0. The lowest BCUT2D eigenvalue weighted by Crippen LogP contribution is -2.36. The van der Waals surface area contributed by atoms with Crippen LogP contribution in [0.1, 0.15) is 12.0 Å². The van der Waals surface area contributed by atoms with Gasteiger partial charge in [0, 0.05) is 18.7 Å². The molecule has 148 valence electrons. The zero-order valence-electron chi connectivity index (χ0n) is 16.7. The van der Waals surface area contributed by atoms with Crippen molar-refractivity contribution in [2.24, 2.45) is 0 Å². The van der Waals surface area contributed by atoms with Gasteiger partial charge in [-0.05, 0) is 48.4 Å². The average molecular weight is 375 g/mol. The maximum atomic E-state index is 5.72. The lowest BCUT2D eigenvalue weighted by Gasteiger charge is -2.26. The van der Waals surface area contributed by atoms with Crippen LogP contribution in [0.25, 0.3) is 10.8 Å². The molecule has 0 aromatic heterocycles. The number of rotatable bonds is 8.